The number of aryl methyl sites for hydroxylation is 1. The fraction of sp³-hybridized carbons (Fsp3) is 0.474. The zero-order valence-electron chi connectivity index (χ0n) is 15.6. The molecule has 3 rings (SSSR count). The van der Waals surface area contributed by atoms with E-state index in [4.69, 9.17) is 0 Å². The molecular formula is C19H26N6O. The van der Waals surface area contributed by atoms with Gasteiger partial charge in [0, 0.05) is 50.0 Å². The first kappa shape index (κ1) is 18.3. The van der Waals surface area contributed by atoms with E-state index in [2.05, 4.69) is 52.4 Å². The molecule has 2 aromatic heterocycles. The van der Waals surface area contributed by atoms with Gasteiger partial charge in [-0.05, 0) is 24.6 Å². The van der Waals surface area contributed by atoms with Crippen LogP contribution in [-0.4, -0.2) is 58.5 Å². The minimum atomic E-state index is -0.150. The normalized spacial score (nSPS) is 15.0. The van der Waals surface area contributed by atoms with E-state index in [1.54, 1.807) is 17.3 Å². The summed E-state index contributed by atoms with van der Waals surface area (Å²) < 4.78 is 0. The SMILES string of the molecule is Cc1ccnc(C(C)(C)CNc2cnc(C(=O)N3CCNCC3)cn2)c1. The van der Waals surface area contributed by atoms with E-state index in [9.17, 15) is 4.79 Å². The molecule has 7 heteroatoms. The fourth-order valence-electron chi connectivity index (χ4n) is 2.87. The van der Waals surface area contributed by atoms with Gasteiger partial charge in [0.15, 0.2) is 0 Å². The molecule has 0 aliphatic carbocycles. The van der Waals surface area contributed by atoms with Crippen molar-refractivity contribution in [3.63, 3.8) is 0 Å². The van der Waals surface area contributed by atoms with Crippen molar-refractivity contribution in [2.45, 2.75) is 26.2 Å². The highest BCUT2D eigenvalue weighted by Gasteiger charge is 2.23. The highest BCUT2D eigenvalue weighted by molar-refractivity contribution is 5.92. The van der Waals surface area contributed by atoms with Gasteiger partial charge < -0.3 is 15.5 Å². The lowest BCUT2D eigenvalue weighted by atomic mass is 9.88. The summed E-state index contributed by atoms with van der Waals surface area (Å²) in [5, 5.41) is 6.53. The van der Waals surface area contributed by atoms with Gasteiger partial charge in [-0.15, -0.1) is 0 Å². The largest absolute Gasteiger partial charge is 0.368 e. The molecule has 1 aliphatic heterocycles. The molecule has 0 atom stereocenters. The van der Waals surface area contributed by atoms with Crippen molar-refractivity contribution >= 4 is 11.7 Å². The minimum Gasteiger partial charge on any atom is -0.368 e. The van der Waals surface area contributed by atoms with Gasteiger partial charge in [0.1, 0.15) is 11.5 Å². The van der Waals surface area contributed by atoms with Gasteiger partial charge in [0.2, 0.25) is 0 Å². The predicted octanol–water partition coefficient (Wildman–Crippen LogP) is 1.62. The Morgan fingerprint density at radius 3 is 2.65 bits per heavy atom. The highest BCUT2D eigenvalue weighted by Crippen LogP contribution is 2.22. The van der Waals surface area contributed by atoms with E-state index in [-0.39, 0.29) is 11.3 Å². The van der Waals surface area contributed by atoms with Crippen molar-refractivity contribution in [1.82, 2.24) is 25.2 Å². The third-order valence-corrected chi connectivity index (χ3v) is 4.60. The van der Waals surface area contributed by atoms with Crippen LogP contribution in [0.5, 0.6) is 0 Å². The van der Waals surface area contributed by atoms with Crippen molar-refractivity contribution in [2.24, 2.45) is 0 Å². The van der Waals surface area contributed by atoms with Gasteiger partial charge in [0.25, 0.3) is 5.91 Å². The molecule has 1 amide bonds. The van der Waals surface area contributed by atoms with Crippen LogP contribution in [0.25, 0.3) is 0 Å². The van der Waals surface area contributed by atoms with Crippen molar-refractivity contribution in [1.29, 1.82) is 0 Å². The van der Waals surface area contributed by atoms with Crippen LogP contribution in [0.2, 0.25) is 0 Å². The Hall–Kier alpha value is -2.54. The number of carbonyl (C=O) groups excluding carboxylic acids is 1. The van der Waals surface area contributed by atoms with E-state index >= 15 is 0 Å². The molecular weight excluding hydrogens is 328 g/mol. The summed E-state index contributed by atoms with van der Waals surface area (Å²) in [6.45, 7) is 10.1. The molecule has 138 valence electrons. The number of pyridine rings is 1. The van der Waals surface area contributed by atoms with Crippen LogP contribution in [-0.2, 0) is 5.41 Å². The Kier molecular flexibility index (Phi) is 5.46. The van der Waals surface area contributed by atoms with Crippen molar-refractivity contribution in [2.75, 3.05) is 38.0 Å². The predicted molar refractivity (Wildman–Crippen MR) is 101 cm³/mol. The first-order chi connectivity index (χ1) is 12.5. The minimum absolute atomic E-state index is 0.0603. The van der Waals surface area contributed by atoms with Gasteiger partial charge in [0.05, 0.1) is 12.4 Å². The standard InChI is InChI=1S/C19H26N6O/c1-14-4-5-21-16(10-14)19(2,3)13-24-17-12-22-15(11-23-17)18(26)25-8-6-20-7-9-25/h4-5,10-12,20H,6-9,13H2,1-3H3,(H,23,24). The van der Waals surface area contributed by atoms with E-state index in [1.807, 2.05) is 12.3 Å². The number of amides is 1. The molecule has 0 unspecified atom stereocenters. The number of carbonyl (C=O) groups is 1. The maximum atomic E-state index is 12.4. The fourth-order valence-corrected chi connectivity index (χ4v) is 2.87. The third kappa shape index (κ3) is 4.35. The molecule has 0 radical (unpaired) electrons. The topological polar surface area (TPSA) is 83.0 Å². The second-order valence-electron chi connectivity index (χ2n) is 7.28. The molecule has 1 saturated heterocycles. The monoisotopic (exact) mass is 354 g/mol. The average molecular weight is 354 g/mol. The molecule has 0 bridgehead atoms. The van der Waals surface area contributed by atoms with Gasteiger partial charge in [-0.1, -0.05) is 13.8 Å². The maximum absolute atomic E-state index is 12.4. The average Bonchev–Trinajstić information content (AvgIpc) is 2.67. The van der Waals surface area contributed by atoms with Crippen molar-refractivity contribution in [3.05, 3.63) is 47.7 Å². The number of hydrogen-bond acceptors (Lipinski definition) is 6. The molecule has 2 aromatic rings. The van der Waals surface area contributed by atoms with Crippen LogP contribution < -0.4 is 10.6 Å². The van der Waals surface area contributed by atoms with Crippen LogP contribution in [0.4, 0.5) is 5.82 Å². The number of nitrogens with one attached hydrogen (secondary N) is 2. The molecule has 0 aromatic carbocycles. The van der Waals surface area contributed by atoms with Gasteiger partial charge in [-0.25, -0.2) is 9.97 Å². The Morgan fingerprint density at radius 2 is 2.00 bits per heavy atom. The van der Waals surface area contributed by atoms with Crippen LogP contribution >= 0.6 is 0 Å². The zero-order chi connectivity index (χ0) is 18.6. The third-order valence-electron chi connectivity index (χ3n) is 4.60. The summed E-state index contributed by atoms with van der Waals surface area (Å²) in [5.41, 5.74) is 2.46. The second kappa shape index (κ2) is 7.78. The van der Waals surface area contributed by atoms with Crippen LogP contribution in [0.3, 0.4) is 0 Å². The summed E-state index contributed by atoms with van der Waals surface area (Å²) in [6.07, 6.45) is 5.00. The number of nitrogens with zero attached hydrogens (tertiary/aromatic N) is 4. The van der Waals surface area contributed by atoms with E-state index in [0.29, 0.717) is 31.1 Å². The number of anilines is 1. The molecule has 7 nitrogen and oxygen atoms in total. The molecule has 1 fully saturated rings. The number of rotatable bonds is 5. The summed E-state index contributed by atoms with van der Waals surface area (Å²) >= 11 is 0. The summed E-state index contributed by atoms with van der Waals surface area (Å²) in [5.74, 6) is 0.595. The smallest absolute Gasteiger partial charge is 0.274 e. The molecule has 1 aliphatic rings. The summed E-state index contributed by atoms with van der Waals surface area (Å²) in [6, 6.07) is 4.09. The lowest BCUT2D eigenvalue weighted by molar-refractivity contribution is 0.0729. The van der Waals surface area contributed by atoms with E-state index < -0.39 is 0 Å². The van der Waals surface area contributed by atoms with Crippen molar-refractivity contribution < 1.29 is 4.79 Å². The second-order valence-corrected chi connectivity index (χ2v) is 7.28. The maximum Gasteiger partial charge on any atom is 0.274 e. The summed E-state index contributed by atoms with van der Waals surface area (Å²) in [7, 11) is 0. The van der Waals surface area contributed by atoms with E-state index in [1.165, 1.54) is 5.56 Å². The number of aromatic nitrogens is 3. The van der Waals surface area contributed by atoms with Gasteiger partial charge in [-0.3, -0.25) is 9.78 Å². The van der Waals surface area contributed by atoms with Gasteiger partial charge >= 0.3 is 0 Å². The number of piperazine rings is 1. The van der Waals surface area contributed by atoms with Crippen LogP contribution in [0.1, 0.15) is 35.6 Å². The zero-order valence-corrected chi connectivity index (χ0v) is 15.6. The lowest BCUT2D eigenvalue weighted by Gasteiger charge is -2.27. The lowest BCUT2D eigenvalue weighted by Crippen LogP contribution is -2.46. The Labute approximate surface area is 154 Å². The Balaban J connectivity index is 1.61. The molecule has 0 spiro atoms. The van der Waals surface area contributed by atoms with Crippen molar-refractivity contribution in [3.8, 4) is 0 Å². The Morgan fingerprint density at radius 1 is 1.23 bits per heavy atom. The first-order valence-corrected chi connectivity index (χ1v) is 8.95. The first-order valence-electron chi connectivity index (χ1n) is 8.95. The summed E-state index contributed by atoms with van der Waals surface area (Å²) in [4.78, 5) is 27.3. The van der Waals surface area contributed by atoms with E-state index in [0.717, 1.165) is 18.8 Å². The molecule has 26 heavy (non-hydrogen) atoms. The van der Waals surface area contributed by atoms with Crippen LogP contribution in [0, 0.1) is 6.92 Å². The highest BCUT2D eigenvalue weighted by atomic mass is 16.2. The Bertz CT molecular complexity index is 753. The quantitative estimate of drug-likeness (QED) is 0.849. The molecule has 3 heterocycles. The number of hydrogen-bond donors (Lipinski definition) is 2. The molecule has 2 N–H and O–H groups in total. The van der Waals surface area contributed by atoms with Crippen LogP contribution in [0.15, 0.2) is 30.7 Å². The van der Waals surface area contributed by atoms with Gasteiger partial charge in [-0.2, -0.15) is 0 Å². The molecule has 0 saturated carbocycles.